The Morgan fingerprint density at radius 1 is 0.906 bits per heavy atom. The summed E-state index contributed by atoms with van der Waals surface area (Å²) in [7, 11) is 0. The Balaban J connectivity index is 1.57. The van der Waals surface area contributed by atoms with Gasteiger partial charge < -0.3 is 4.90 Å². The molecule has 0 saturated carbocycles. The minimum Gasteiger partial charge on any atom is -0.311 e. The van der Waals surface area contributed by atoms with Gasteiger partial charge in [0.05, 0.1) is 14.1 Å². The van der Waals surface area contributed by atoms with Crippen molar-refractivity contribution in [1.29, 1.82) is 0 Å². The molecule has 1 nitrogen and oxygen atoms in total. The highest BCUT2D eigenvalue weighted by atomic mass is 32.1. The smallest absolute Gasteiger partial charge is 0.0635 e. The van der Waals surface area contributed by atoms with Crippen molar-refractivity contribution in [2.45, 2.75) is 13.8 Å². The lowest BCUT2D eigenvalue weighted by molar-refractivity contribution is 1.21. The van der Waals surface area contributed by atoms with Gasteiger partial charge in [-0.25, -0.2) is 0 Å². The number of anilines is 2. The number of fused-ring (bicyclic) bond motifs is 3. The van der Waals surface area contributed by atoms with E-state index in [1.165, 1.54) is 34.8 Å². The highest BCUT2D eigenvalue weighted by molar-refractivity contribution is 7.38. The van der Waals surface area contributed by atoms with E-state index >= 15 is 0 Å². The van der Waals surface area contributed by atoms with Crippen LogP contribution >= 0.6 is 34.0 Å². The summed E-state index contributed by atoms with van der Waals surface area (Å²) in [6.45, 7) is 8.15. The average Bonchev–Trinajstić information content (AvgIpc) is 3.46. The first-order valence-electron chi connectivity index (χ1n) is 10.5. The van der Waals surface area contributed by atoms with Crippen LogP contribution in [0.3, 0.4) is 0 Å². The van der Waals surface area contributed by atoms with E-state index in [-0.39, 0.29) is 0 Å². The Kier molecular flexibility index (Phi) is 5.83. The first-order chi connectivity index (χ1) is 15.7. The van der Waals surface area contributed by atoms with Crippen LogP contribution in [0.4, 0.5) is 11.4 Å². The number of thiophene rings is 3. The standard InChI is InChI=1S/C28H23NS3/c1-4-9-21(10-5-2)29(22-11-7-6-8-12-22)23-15-13-20(14-16-23)24-18-30-28-26(24)32-25-17-19(3)31-27(25)28/h4-18H,1H2,2-3H3/b10-5-,21-9+. The number of benzene rings is 2. The number of nitrogens with zero attached hydrogens (tertiary/aromatic N) is 1. The van der Waals surface area contributed by atoms with Gasteiger partial charge in [-0.1, -0.05) is 49.1 Å². The van der Waals surface area contributed by atoms with E-state index in [1.807, 2.05) is 59.2 Å². The van der Waals surface area contributed by atoms with E-state index in [4.69, 9.17) is 0 Å². The molecule has 4 heteroatoms. The maximum atomic E-state index is 3.91. The third-order valence-corrected chi connectivity index (χ3v) is 8.94. The Hall–Kier alpha value is -2.92. The maximum absolute atomic E-state index is 3.91. The predicted octanol–water partition coefficient (Wildman–Crippen LogP) is 9.94. The van der Waals surface area contributed by atoms with E-state index in [0.717, 1.165) is 17.1 Å². The summed E-state index contributed by atoms with van der Waals surface area (Å²) >= 11 is 5.69. The summed E-state index contributed by atoms with van der Waals surface area (Å²) in [6, 6.07) is 21.7. The van der Waals surface area contributed by atoms with E-state index in [2.05, 4.69) is 90.5 Å². The van der Waals surface area contributed by atoms with Crippen molar-refractivity contribution in [2.24, 2.45) is 0 Å². The van der Waals surface area contributed by atoms with Gasteiger partial charge in [0.1, 0.15) is 0 Å². The van der Waals surface area contributed by atoms with Crippen LogP contribution in [0.25, 0.3) is 29.9 Å². The van der Waals surface area contributed by atoms with Gasteiger partial charge >= 0.3 is 0 Å². The molecule has 32 heavy (non-hydrogen) atoms. The maximum Gasteiger partial charge on any atom is 0.0635 e. The second-order valence-corrected chi connectivity index (χ2v) is 10.7. The van der Waals surface area contributed by atoms with Crippen molar-refractivity contribution in [3.63, 3.8) is 0 Å². The lowest BCUT2D eigenvalue weighted by atomic mass is 10.1. The lowest BCUT2D eigenvalue weighted by Crippen LogP contribution is -2.14. The number of allylic oxidation sites excluding steroid dienone is 4. The summed E-state index contributed by atoms with van der Waals surface area (Å²) < 4.78 is 5.69. The highest BCUT2D eigenvalue weighted by Crippen LogP contribution is 2.47. The molecular formula is C28H23NS3. The van der Waals surface area contributed by atoms with Gasteiger partial charge in [0.15, 0.2) is 0 Å². The number of hydrogen-bond donors (Lipinski definition) is 0. The summed E-state index contributed by atoms with van der Waals surface area (Å²) in [5.41, 5.74) is 5.93. The summed E-state index contributed by atoms with van der Waals surface area (Å²) in [5, 5.41) is 2.31. The normalized spacial score (nSPS) is 12.2. The molecule has 0 fully saturated rings. The van der Waals surface area contributed by atoms with Crippen LogP contribution < -0.4 is 4.90 Å². The van der Waals surface area contributed by atoms with E-state index < -0.39 is 0 Å². The molecule has 0 atom stereocenters. The van der Waals surface area contributed by atoms with Crippen LogP contribution in [0.1, 0.15) is 11.8 Å². The van der Waals surface area contributed by atoms with Crippen molar-refractivity contribution in [3.05, 3.63) is 108 Å². The van der Waals surface area contributed by atoms with Crippen LogP contribution in [0, 0.1) is 6.92 Å². The van der Waals surface area contributed by atoms with Crippen LogP contribution in [-0.2, 0) is 0 Å². The topological polar surface area (TPSA) is 3.24 Å². The SMILES string of the molecule is C=C/C=C(\C=C/C)N(c1ccccc1)c1ccc(-c2csc3c2sc2cc(C)sc23)cc1. The quantitative estimate of drug-likeness (QED) is 0.224. The Morgan fingerprint density at radius 2 is 1.66 bits per heavy atom. The van der Waals surface area contributed by atoms with Crippen LogP contribution in [-0.4, -0.2) is 0 Å². The van der Waals surface area contributed by atoms with Gasteiger partial charge in [-0.2, -0.15) is 0 Å². The second-order valence-electron chi connectivity index (χ2n) is 7.51. The predicted molar refractivity (Wildman–Crippen MR) is 147 cm³/mol. The van der Waals surface area contributed by atoms with Crippen molar-refractivity contribution in [3.8, 4) is 11.1 Å². The Labute approximate surface area is 200 Å². The minimum absolute atomic E-state index is 1.08. The van der Waals surface area contributed by atoms with Gasteiger partial charge in [0.25, 0.3) is 0 Å². The molecule has 3 heterocycles. The molecule has 0 saturated heterocycles. The zero-order valence-corrected chi connectivity index (χ0v) is 20.5. The summed E-state index contributed by atoms with van der Waals surface area (Å²) in [6.07, 6.45) is 8.06. The molecule has 0 amide bonds. The van der Waals surface area contributed by atoms with Crippen LogP contribution in [0.5, 0.6) is 0 Å². The van der Waals surface area contributed by atoms with Crippen molar-refractivity contribution in [2.75, 3.05) is 4.90 Å². The fourth-order valence-electron chi connectivity index (χ4n) is 3.95. The molecule has 0 N–H and O–H groups in total. The van der Waals surface area contributed by atoms with E-state index in [0.29, 0.717) is 0 Å². The molecule has 5 rings (SSSR count). The van der Waals surface area contributed by atoms with Gasteiger partial charge in [0, 0.05) is 37.6 Å². The average molecular weight is 470 g/mol. The fourth-order valence-corrected chi connectivity index (χ4v) is 7.93. The van der Waals surface area contributed by atoms with Crippen molar-refractivity contribution >= 4 is 64.2 Å². The van der Waals surface area contributed by atoms with Crippen LogP contribution in [0.2, 0.25) is 0 Å². The molecule has 0 aliphatic carbocycles. The largest absolute Gasteiger partial charge is 0.311 e. The molecule has 158 valence electrons. The number of hydrogen-bond acceptors (Lipinski definition) is 4. The van der Waals surface area contributed by atoms with Crippen molar-refractivity contribution in [1.82, 2.24) is 0 Å². The first-order valence-corrected chi connectivity index (χ1v) is 13.0. The highest BCUT2D eigenvalue weighted by Gasteiger charge is 2.16. The number of para-hydroxylation sites is 1. The summed E-state index contributed by atoms with van der Waals surface area (Å²) in [4.78, 5) is 3.65. The van der Waals surface area contributed by atoms with Crippen molar-refractivity contribution < 1.29 is 0 Å². The molecule has 3 aromatic heterocycles. The molecular weight excluding hydrogens is 447 g/mol. The molecule has 0 aliphatic heterocycles. The zero-order chi connectivity index (χ0) is 22.1. The van der Waals surface area contributed by atoms with Gasteiger partial charge in [0.2, 0.25) is 0 Å². The second kappa shape index (κ2) is 8.91. The Bertz CT molecular complexity index is 1440. The first kappa shape index (κ1) is 21.0. The molecule has 0 aliphatic rings. The third-order valence-electron chi connectivity index (χ3n) is 5.32. The fraction of sp³-hybridized carbons (Fsp3) is 0.0714. The van der Waals surface area contributed by atoms with Crippen LogP contribution in [0.15, 0.2) is 103 Å². The molecule has 2 aromatic carbocycles. The summed E-state index contributed by atoms with van der Waals surface area (Å²) in [5.74, 6) is 0. The molecule has 0 unspecified atom stereocenters. The lowest BCUT2D eigenvalue weighted by Gasteiger charge is -2.26. The zero-order valence-electron chi connectivity index (χ0n) is 18.0. The third kappa shape index (κ3) is 3.75. The van der Waals surface area contributed by atoms with E-state index in [9.17, 15) is 0 Å². The van der Waals surface area contributed by atoms with Gasteiger partial charge in [-0.05, 0) is 61.9 Å². The number of aryl methyl sites for hydroxylation is 1. The minimum atomic E-state index is 1.08. The molecule has 0 radical (unpaired) electrons. The van der Waals surface area contributed by atoms with Gasteiger partial charge in [-0.15, -0.1) is 34.0 Å². The van der Waals surface area contributed by atoms with Gasteiger partial charge in [-0.3, -0.25) is 0 Å². The van der Waals surface area contributed by atoms with E-state index in [1.54, 1.807) is 0 Å². The molecule has 0 bridgehead atoms. The molecule has 5 aromatic rings. The monoisotopic (exact) mass is 469 g/mol. The number of rotatable bonds is 6. The Morgan fingerprint density at radius 3 is 2.38 bits per heavy atom. The molecule has 0 spiro atoms.